The third-order valence-electron chi connectivity index (χ3n) is 3.46. The van der Waals surface area contributed by atoms with Gasteiger partial charge in [-0.2, -0.15) is 0 Å². The molecular formula is C17H20BrNO. The standard InChI is InChI=1S/C17H20BrNO/c1-12(14-7-9-17(20-3)10-8-14)19-13(2)15-5-4-6-16(18)11-15/h4-13,19H,1-3H3. The predicted molar refractivity (Wildman–Crippen MR) is 87.1 cm³/mol. The summed E-state index contributed by atoms with van der Waals surface area (Å²) >= 11 is 3.52. The van der Waals surface area contributed by atoms with Crippen molar-refractivity contribution in [1.82, 2.24) is 5.32 Å². The minimum atomic E-state index is 0.287. The van der Waals surface area contributed by atoms with Gasteiger partial charge in [0, 0.05) is 16.6 Å². The van der Waals surface area contributed by atoms with Gasteiger partial charge in [0.25, 0.3) is 0 Å². The zero-order valence-electron chi connectivity index (χ0n) is 12.1. The molecule has 0 bridgehead atoms. The van der Waals surface area contributed by atoms with E-state index in [1.807, 2.05) is 18.2 Å². The molecule has 2 atom stereocenters. The van der Waals surface area contributed by atoms with Crippen LogP contribution in [0.4, 0.5) is 0 Å². The molecule has 0 aromatic heterocycles. The summed E-state index contributed by atoms with van der Waals surface area (Å²) in [6.45, 7) is 4.36. The summed E-state index contributed by atoms with van der Waals surface area (Å²) in [4.78, 5) is 0. The van der Waals surface area contributed by atoms with Crippen LogP contribution in [0.3, 0.4) is 0 Å². The van der Waals surface area contributed by atoms with Gasteiger partial charge < -0.3 is 10.1 Å². The average Bonchev–Trinajstić information content (AvgIpc) is 2.47. The maximum absolute atomic E-state index is 5.19. The number of nitrogens with one attached hydrogen (secondary N) is 1. The molecule has 3 heteroatoms. The molecule has 20 heavy (non-hydrogen) atoms. The van der Waals surface area contributed by atoms with E-state index in [1.54, 1.807) is 7.11 Å². The lowest BCUT2D eigenvalue weighted by molar-refractivity contribution is 0.414. The van der Waals surface area contributed by atoms with Gasteiger partial charge in [-0.1, -0.05) is 40.2 Å². The number of rotatable bonds is 5. The van der Waals surface area contributed by atoms with E-state index in [0.717, 1.165) is 10.2 Å². The molecule has 0 aliphatic carbocycles. The maximum atomic E-state index is 5.19. The van der Waals surface area contributed by atoms with E-state index in [-0.39, 0.29) is 6.04 Å². The molecule has 1 N–H and O–H groups in total. The Hall–Kier alpha value is -1.32. The lowest BCUT2D eigenvalue weighted by atomic mass is 10.0. The van der Waals surface area contributed by atoms with E-state index in [9.17, 15) is 0 Å². The largest absolute Gasteiger partial charge is 0.497 e. The molecule has 0 heterocycles. The topological polar surface area (TPSA) is 21.3 Å². The van der Waals surface area contributed by atoms with Crippen molar-refractivity contribution >= 4 is 15.9 Å². The summed E-state index contributed by atoms with van der Waals surface area (Å²) < 4.78 is 6.30. The van der Waals surface area contributed by atoms with Gasteiger partial charge in [0.1, 0.15) is 5.75 Å². The number of halogens is 1. The Bertz CT molecular complexity index is 553. The van der Waals surface area contributed by atoms with Crippen LogP contribution >= 0.6 is 15.9 Å². The van der Waals surface area contributed by atoms with Crippen LogP contribution in [0.15, 0.2) is 53.0 Å². The summed E-state index contributed by atoms with van der Waals surface area (Å²) in [5, 5.41) is 3.62. The van der Waals surface area contributed by atoms with Crippen LogP contribution in [0.25, 0.3) is 0 Å². The summed E-state index contributed by atoms with van der Waals surface area (Å²) in [7, 11) is 1.69. The highest BCUT2D eigenvalue weighted by Gasteiger charge is 2.11. The minimum absolute atomic E-state index is 0.287. The SMILES string of the molecule is COc1ccc(C(C)NC(C)c2cccc(Br)c2)cc1. The van der Waals surface area contributed by atoms with Crippen molar-refractivity contribution in [3.63, 3.8) is 0 Å². The third-order valence-corrected chi connectivity index (χ3v) is 3.96. The molecule has 0 saturated carbocycles. The van der Waals surface area contributed by atoms with E-state index in [0.29, 0.717) is 6.04 Å². The second-order valence-corrected chi connectivity index (χ2v) is 5.85. The molecule has 0 saturated heterocycles. The average molecular weight is 334 g/mol. The van der Waals surface area contributed by atoms with Crippen molar-refractivity contribution in [1.29, 1.82) is 0 Å². The number of benzene rings is 2. The van der Waals surface area contributed by atoms with Gasteiger partial charge in [-0.05, 0) is 49.2 Å². The van der Waals surface area contributed by atoms with Gasteiger partial charge in [0.15, 0.2) is 0 Å². The predicted octanol–water partition coefficient (Wildman–Crippen LogP) is 4.87. The molecule has 2 aromatic rings. The number of ether oxygens (including phenoxy) is 1. The number of hydrogen-bond acceptors (Lipinski definition) is 2. The monoisotopic (exact) mass is 333 g/mol. The Morgan fingerprint density at radius 3 is 2.20 bits per heavy atom. The van der Waals surface area contributed by atoms with Crippen LogP contribution in [0, 0.1) is 0 Å². The Labute approximate surface area is 129 Å². The van der Waals surface area contributed by atoms with Crippen LogP contribution in [0.1, 0.15) is 37.1 Å². The molecule has 2 aromatic carbocycles. The van der Waals surface area contributed by atoms with Crippen molar-refractivity contribution in [3.05, 3.63) is 64.1 Å². The molecule has 0 fully saturated rings. The Balaban J connectivity index is 2.04. The second-order valence-electron chi connectivity index (χ2n) is 4.94. The highest BCUT2D eigenvalue weighted by atomic mass is 79.9. The van der Waals surface area contributed by atoms with Gasteiger partial charge in [0.05, 0.1) is 7.11 Å². The molecule has 0 aliphatic rings. The Kier molecular flexibility index (Phi) is 5.21. The molecular weight excluding hydrogens is 314 g/mol. The normalized spacial score (nSPS) is 13.8. The van der Waals surface area contributed by atoms with Crippen molar-refractivity contribution in [2.24, 2.45) is 0 Å². The third kappa shape index (κ3) is 3.84. The number of hydrogen-bond donors (Lipinski definition) is 1. The Morgan fingerprint density at radius 2 is 1.60 bits per heavy atom. The van der Waals surface area contributed by atoms with Crippen LogP contribution in [-0.2, 0) is 0 Å². The van der Waals surface area contributed by atoms with Gasteiger partial charge in [0.2, 0.25) is 0 Å². The second kappa shape index (κ2) is 6.91. The molecule has 0 aliphatic heterocycles. The molecule has 2 rings (SSSR count). The highest BCUT2D eigenvalue weighted by Crippen LogP contribution is 2.23. The molecule has 106 valence electrons. The minimum Gasteiger partial charge on any atom is -0.497 e. The van der Waals surface area contributed by atoms with Crippen molar-refractivity contribution < 1.29 is 4.74 Å². The summed E-state index contributed by atoms with van der Waals surface area (Å²) in [6, 6.07) is 17.2. The number of methoxy groups -OCH3 is 1. The van der Waals surface area contributed by atoms with E-state index in [2.05, 4.69) is 65.4 Å². The van der Waals surface area contributed by atoms with Crippen LogP contribution in [0.2, 0.25) is 0 Å². The first-order valence-corrected chi connectivity index (χ1v) is 7.55. The smallest absolute Gasteiger partial charge is 0.118 e. The van der Waals surface area contributed by atoms with Crippen LogP contribution in [-0.4, -0.2) is 7.11 Å². The highest BCUT2D eigenvalue weighted by molar-refractivity contribution is 9.10. The van der Waals surface area contributed by atoms with Gasteiger partial charge >= 0.3 is 0 Å². The van der Waals surface area contributed by atoms with Crippen LogP contribution in [0.5, 0.6) is 5.75 Å². The first kappa shape index (κ1) is 15.1. The van der Waals surface area contributed by atoms with Crippen molar-refractivity contribution in [2.75, 3.05) is 7.11 Å². The Morgan fingerprint density at radius 1 is 0.950 bits per heavy atom. The fraction of sp³-hybridized carbons (Fsp3) is 0.294. The zero-order chi connectivity index (χ0) is 14.5. The molecule has 0 spiro atoms. The van der Waals surface area contributed by atoms with E-state index < -0.39 is 0 Å². The summed E-state index contributed by atoms with van der Waals surface area (Å²) in [6.07, 6.45) is 0. The van der Waals surface area contributed by atoms with E-state index >= 15 is 0 Å². The summed E-state index contributed by atoms with van der Waals surface area (Å²) in [5.41, 5.74) is 2.53. The van der Waals surface area contributed by atoms with E-state index in [4.69, 9.17) is 4.74 Å². The maximum Gasteiger partial charge on any atom is 0.118 e. The summed E-state index contributed by atoms with van der Waals surface area (Å²) in [5.74, 6) is 0.890. The van der Waals surface area contributed by atoms with Crippen molar-refractivity contribution in [2.45, 2.75) is 25.9 Å². The fourth-order valence-corrected chi connectivity index (χ4v) is 2.65. The van der Waals surface area contributed by atoms with Gasteiger partial charge in [-0.3, -0.25) is 0 Å². The molecule has 0 amide bonds. The van der Waals surface area contributed by atoms with Crippen LogP contribution < -0.4 is 10.1 Å². The fourth-order valence-electron chi connectivity index (χ4n) is 2.24. The van der Waals surface area contributed by atoms with Gasteiger partial charge in [-0.15, -0.1) is 0 Å². The first-order valence-electron chi connectivity index (χ1n) is 6.75. The molecule has 0 radical (unpaired) electrons. The first-order chi connectivity index (χ1) is 9.60. The molecule has 2 nitrogen and oxygen atoms in total. The van der Waals surface area contributed by atoms with E-state index in [1.165, 1.54) is 11.1 Å². The quantitative estimate of drug-likeness (QED) is 0.842. The van der Waals surface area contributed by atoms with Crippen molar-refractivity contribution in [3.8, 4) is 5.75 Å². The zero-order valence-corrected chi connectivity index (χ0v) is 13.6. The lowest BCUT2D eigenvalue weighted by Gasteiger charge is -2.21. The molecule has 2 unspecified atom stereocenters. The van der Waals surface area contributed by atoms with Gasteiger partial charge in [-0.25, -0.2) is 0 Å². The lowest BCUT2D eigenvalue weighted by Crippen LogP contribution is -2.22.